The van der Waals surface area contributed by atoms with E-state index in [9.17, 15) is 24.6 Å². The van der Waals surface area contributed by atoms with E-state index in [1.165, 1.54) is 12.1 Å². The van der Waals surface area contributed by atoms with Gasteiger partial charge in [0.1, 0.15) is 5.75 Å². The molecule has 8 nitrogen and oxygen atoms in total. The SMILES string of the molecule is O=C1NC(=S)NC(=O)C1C=N[C@H](Cc1ccc(O)cc1)C(=O)[O-]. The molecule has 1 heterocycles. The van der Waals surface area contributed by atoms with Crippen molar-refractivity contribution in [2.45, 2.75) is 12.5 Å². The van der Waals surface area contributed by atoms with Gasteiger partial charge in [-0.25, -0.2) is 0 Å². The summed E-state index contributed by atoms with van der Waals surface area (Å²) in [6.45, 7) is 0. The molecule has 1 aliphatic rings. The van der Waals surface area contributed by atoms with Crippen LogP contribution in [0, 0.1) is 5.92 Å². The Labute approximate surface area is 136 Å². The standard InChI is InChI=1S/C14H13N3O5S/c18-8-3-1-7(2-4-8)5-10(13(21)22)15-6-9-11(19)16-14(23)17-12(9)20/h1-4,6,9-10,18H,5H2,(H,21,22)(H2,16,17,19,20,23)/p-1/t10-/m1/s1. The molecule has 2 amide bonds. The molecule has 0 aromatic heterocycles. The Hall–Kier alpha value is -2.81. The molecule has 23 heavy (non-hydrogen) atoms. The number of hydrogen-bond donors (Lipinski definition) is 3. The second-order valence-corrected chi connectivity index (χ2v) is 5.20. The van der Waals surface area contributed by atoms with Crippen molar-refractivity contribution in [3.8, 4) is 5.75 Å². The number of nitrogens with zero attached hydrogens (tertiary/aromatic N) is 1. The van der Waals surface area contributed by atoms with Crippen molar-refractivity contribution in [1.29, 1.82) is 0 Å². The van der Waals surface area contributed by atoms with Gasteiger partial charge < -0.3 is 25.6 Å². The summed E-state index contributed by atoms with van der Waals surface area (Å²) in [5.41, 5.74) is 0.605. The maximum Gasteiger partial charge on any atom is 0.244 e. The van der Waals surface area contributed by atoms with Crippen LogP contribution in [-0.2, 0) is 20.8 Å². The zero-order valence-corrected chi connectivity index (χ0v) is 12.5. The highest BCUT2D eigenvalue weighted by Gasteiger charge is 2.31. The largest absolute Gasteiger partial charge is 0.548 e. The summed E-state index contributed by atoms with van der Waals surface area (Å²) in [5, 5.41) is 24.7. The number of aliphatic carboxylic acids is 1. The fourth-order valence-electron chi connectivity index (χ4n) is 1.91. The van der Waals surface area contributed by atoms with Crippen LogP contribution in [0.1, 0.15) is 5.56 Å². The minimum atomic E-state index is -1.44. The number of phenols is 1. The first-order valence-electron chi connectivity index (χ1n) is 6.54. The lowest BCUT2D eigenvalue weighted by Crippen LogP contribution is -2.56. The van der Waals surface area contributed by atoms with Crippen LogP contribution in [0.25, 0.3) is 0 Å². The smallest absolute Gasteiger partial charge is 0.244 e. The molecule has 0 spiro atoms. The van der Waals surface area contributed by atoms with Gasteiger partial charge in [-0.15, -0.1) is 0 Å². The normalized spacial score (nSPS) is 17.0. The molecular formula is C14H12N3O5S-. The van der Waals surface area contributed by atoms with E-state index in [0.717, 1.165) is 6.21 Å². The molecule has 0 radical (unpaired) electrons. The number of rotatable bonds is 5. The van der Waals surface area contributed by atoms with Crippen molar-refractivity contribution in [3.05, 3.63) is 29.8 Å². The van der Waals surface area contributed by atoms with Crippen LogP contribution < -0.4 is 15.7 Å². The number of thiocarbonyl (C=S) groups is 1. The van der Waals surface area contributed by atoms with Gasteiger partial charge in [0.25, 0.3) is 0 Å². The van der Waals surface area contributed by atoms with Gasteiger partial charge in [-0.05, 0) is 29.9 Å². The van der Waals surface area contributed by atoms with Crippen molar-refractivity contribution in [1.82, 2.24) is 10.6 Å². The monoisotopic (exact) mass is 334 g/mol. The van der Waals surface area contributed by atoms with E-state index >= 15 is 0 Å². The molecule has 0 unspecified atom stereocenters. The summed E-state index contributed by atoms with van der Waals surface area (Å²) in [6.07, 6.45) is 0.959. The molecule has 0 bridgehead atoms. The van der Waals surface area contributed by atoms with Gasteiger partial charge in [-0.1, -0.05) is 12.1 Å². The first-order chi connectivity index (χ1) is 10.9. The van der Waals surface area contributed by atoms with Gasteiger partial charge in [0.05, 0.1) is 12.0 Å². The Balaban J connectivity index is 2.11. The number of benzene rings is 1. The number of aliphatic imine (C=N–C) groups is 1. The highest BCUT2D eigenvalue weighted by atomic mass is 32.1. The summed E-state index contributed by atoms with van der Waals surface area (Å²) in [7, 11) is 0. The Morgan fingerprint density at radius 1 is 1.30 bits per heavy atom. The summed E-state index contributed by atoms with van der Waals surface area (Å²) < 4.78 is 0. The highest BCUT2D eigenvalue weighted by Crippen LogP contribution is 2.12. The van der Waals surface area contributed by atoms with E-state index in [1.54, 1.807) is 12.1 Å². The molecule has 1 fully saturated rings. The van der Waals surface area contributed by atoms with Crippen LogP contribution in [0.4, 0.5) is 0 Å². The predicted molar refractivity (Wildman–Crippen MR) is 81.5 cm³/mol. The molecular weight excluding hydrogens is 322 g/mol. The second-order valence-electron chi connectivity index (χ2n) is 4.79. The maximum absolute atomic E-state index is 11.7. The van der Waals surface area contributed by atoms with Crippen LogP contribution in [0.2, 0.25) is 0 Å². The summed E-state index contributed by atoms with van der Waals surface area (Å²) in [4.78, 5) is 38.2. The lowest BCUT2D eigenvalue weighted by atomic mass is 10.1. The predicted octanol–water partition coefficient (Wildman–Crippen LogP) is -1.73. The van der Waals surface area contributed by atoms with Crippen LogP contribution in [0.15, 0.2) is 29.3 Å². The molecule has 3 N–H and O–H groups in total. The average molecular weight is 334 g/mol. The number of carbonyl (C=O) groups is 3. The minimum absolute atomic E-state index is 0.00646. The fourth-order valence-corrected chi connectivity index (χ4v) is 2.11. The van der Waals surface area contributed by atoms with Crippen molar-refractivity contribution >= 4 is 41.3 Å². The van der Waals surface area contributed by atoms with Gasteiger partial charge in [0, 0.05) is 12.6 Å². The third-order valence-corrected chi connectivity index (χ3v) is 3.30. The molecule has 120 valence electrons. The lowest BCUT2D eigenvalue weighted by Gasteiger charge is -2.20. The van der Waals surface area contributed by atoms with E-state index in [2.05, 4.69) is 27.8 Å². The highest BCUT2D eigenvalue weighted by molar-refractivity contribution is 7.80. The number of carbonyl (C=O) groups excluding carboxylic acids is 3. The van der Waals surface area contributed by atoms with Crippen LogP contribution in [-0.4, -0.2) is 40.3 Å². The quantitative estimate of drug-likeness (QED) is 0.333. The summed E-state index contributed by atoms with van der Waals surface area (Å²) in [5.74, 6) is -4.01. The molecule has 9 heteroatoms. The van der Waals surface area contributed by atoms with Crippen LogP contribution >= 0.6 is 12.2 Å². The zero-order valence-electron chi connectivity index (χ0n) is 11.7. The molecule has 1 aliphatic heterocycles. The minimum Gasteiger partial charge on any atom is -0.548 e. The Bertz CT molecular complexity index is 666. The zero-order chi connectivity index (χ0) is 17.0. The van der Waals surface area contributed by atoms with E-state index in [4.69, 9.17) is 0 Å². The van der Waals surface area contributed by atoms with Gasteiger partial charge in [0.15, 0.2) is 11.0 Å². The average Bonchev–Trinajstić information content (AvgIpc) is 2.46. The number of nitrogens with one attached hydrogen (secondary N) is 2. The number of phenolic OH excluding ortho intramolecular Hbond substituents is 1. The van der Waals surface area contributed by atoms with Crippen molar-refractivity contribution in [2.24, 2.45) is 10.9 Å². The summed E-state index contributed by atoms with van der Waals surface area (Å²) >= 11 is 4.65. The number of amides is 2. The maximum atomic E-state index is 11.7. The van der Waals surface area contributed by atoms with Gasteiger partial charge >= 0.3 is 0 Å². The number of aromatic hydroxyl groups is 1. The van der Waals surface area contributed by atoms with Crippen LogP contribution in [0.3, 0.4) is 0 Å². The molecule has 2 rings (SSSR count). The topological polar surface area (TPSA) is 131 Å². The molecule has 0 aliphatic carbocycles. The number of carboxylic acid groups (broad SMARTS) is 1. The van der Waals surface area contributed by atoms with Crippen molar-refractivity contribution in [2.75, 3.05) is 0 Å². The third-order valence-electron chi connectivity index (χ3n) is 3.09. The molecule has 1 saturated heterocycles. The number of hydrogen-bond acceptors (Lipinski definition) is 7. The van der Waals surface area contributed by atoms with Gasteiger partial charge in [-0.3, -0.25) is 14.6 Å². The van der Waals surface area contributed by atoms with E-state index in [1.807, 2.05) is 0 Å². The fraction of sp³-hybridized carbons (Fsp3) is 0.214. The van der Waals surface area contributed by atoms with Gasteiger partial charge in [0.2, 0.25) is 11.8 Å². The first kappa shape index (κ1) is 16.6. The van der Waals surface area contributed by atoms with E-state index < -0.39 is 29.7 Å². The third kappa shape index (κ3) is 4.33. The molecule has 1 atom stereocenters. The number of carboxylic acids is 1. The molecule has 1 aromatic carbocycles. The Kier molecular flexibility index (Phi) is 5.02. The van der Waals surface area contributed by atoms with E-state index in [0.29, 0.717) is 5.56 Å². The van der Waals surface area contributed by atoms with Crippen molar-refractivity contribution in [3.63, 3.8) is 0 Å². The first-order valence-corrected chi connectivity index (χ1v) is 6.95. The van der Waals surface area contributed by atoms with E-state index in [-0.39, 0.29) is 17.3 Å². The molecule has 0 saturated carbocycles. The molecule has 1 aromatic rings. The Morgan fingerprint density at radius 3 is 2.39 bits per heavy atom. The van der Waals surface area contributed by atoms with Crippen molar-refractivity contribution < 1.29 is 24.6 Å². The second kappa shape index (κ2) is 6.97. The van der Waals surface area contributed by atoms with Crippen LogP contribution in [0.5, 0.6) is 5.75 Å². The summed E-state index contributed by atoms with van der Waals surface area (Å²) in [6, 6.07) is 4.63. The Morgan fingerprint density at radius 2 is 1.87 bits per heavy atom. The lowest BCUT2D eigenvalue weighted by molar-refractivity contribution is -0.307. The van der Waals surface area contributed by atoms with Gasteiger partial charge in [-0.2, -0.15) is 0 Å².